The number of thiocarbonyl (C=S) groups is 1. The fourth-order valence-electron chi connectivity index (χ4n) is 1.86. The molecule has 0 unspecified atom stereocenters. The van der Waals surface area contributed by atoms with Crippen LogP contribution in [0, 0.1) is 0 Å². The third-order valence-corrected chi connectivity index (χ3v) is 4.23. The van der Waals surface area contributed by atoms with Crippen molar-refractivity contribution >= 4 is 74.5 Å². The summed E-state index contributed by atoms with van der Waals surface area (Å²) in [5.74, 6) is 0. The number of benzene rings is 2. The molecule has 0 bridgehead atoms. The Hall–Kier alpha value is -1.47. The van der Waals surface area contributed by atoms with Crippen LogP contribution >= 0.6 is 47.1 Å². The predicted molar refractivity (Wildman–Crippen MR) is 93.0 cm³/mol. The maximum absolute atomic E-state index is 6.25. The van der Waals surface area contributed by atoms with Gasteiger partial charge < -0.3 is 11.1 Å². The van der Waals surface area contributed by atoms with Gasteiger partial charge in [0.25, 0.3) is 0 Å². The van der Waals surface area contributed by atoms with E-state index in [1.807, 2.05) is 24.3 Å². The topological polar surface area (TPSA) is 63.8 Å². The first-order chi connectivity index (χ1) is 10.1. The first kappa shape index (κ1) is 14.5. The minimum atomic E-state index is 0.358. The molecule has 106 valence electrons. The lowest BCUT2D eigenvalue weighted by Gasteiger charge is -2.10. The van der Waals surface area contributed by atoms with Crippen molar-refractivity contribution in [2.45, 2.75) is 0 Å². The number of hydrogen-bond donors (Lipinski definition) is 2. The smallest absolute Gasteiger partial charge is 0.131 e. The van der Waals surface area contributed by atoms with E-state index in [4.69, 9.17) is 41.2 Å². The van der Waals surface area contributed by atoms with Gasteiger partial charge in [-0.05, 0) is 30.3 Å². The molecule has 0 saturated heterocycles. The van der Waals surface area contributed by atoms with E-state index >= 15 is 0 Å². The average Bonchev–Trinajstić information content (AvgIpc) is 2.93. The number of hydrogen-bond acceptors (Lipinski definition) is 5. The monoisotopic (exact) mass is 354 g/mol. The maximum Gasteiger partial charge on any atom is 0.131 e. The fraction of sp³-hybridized carbons (Fsp3) is 0. The normalized spacial score (nSPS) is 10.8. The third kappa shape index (κ3) is 2.80. The molecule has 0 radical (unpaired) electrons. The molecule has 3 aromatic rings. The summed E-state index contributed by atoms with van der Waals surface area (Å²) in [4.78, 5) is 0.358. The Bertz CT molecular complexity index is 830. The highest BCUT2D eigenvalue weighted by molar-refractivity contribution is 7.80. The summed E-state index contributed by atoms with van der Waals surface area (Å²) in [5.41, 5.74) is 9.18. The molecule has 0 aliphatic rings. The Kier molecular flexibility index (Phi) is 3.95. The van der Waals surface area contributed by atoms with Gasteiger partial charge in [0.2, 0.25) is 0 Å². The van der Waals surface area contributed by atoms with E-state index in [-0.39, 0.29) is 0 Å². The Labute approximate surface area is 140 Å². The summed E-state index contributed by atoms with van der Waals surface area (Å²) in [6.45, 7) is 0. The zero-order valence-corrected chi connectivity index (χ0v) is 13.6. The van der Waals surface area contributed by atoms with Gasteiger partial charge >= 0.3 is 0 Å². The summed E-state index contributed by atoms with van der Waals surface area (Å²) >= 11 is 18.4. The molecule has 8 heteroatoms. The number of nitrogens with zero attached hydrogens (tertiary/aromatic N) is 2. The lowest BCUT2D eigenvalue weighted by molar-refractivity contribution is 1.53. The van der Waals surface area contributed by atoms with Crippen LogP contribution in [0.3, 0.4) is 0 Å². The van der Waals surface area contributed by atoms with Crippen LogP contribution in [-0.4, -0.2) is 13.7 Å². The highest BCUT2D eigenvalue weighted by Gasteiger charge is 2.14. The number of aromatic nitrogens is 2. The van der Waals surface area contributed by atoms with Crippen molar-refractivity contribution in [1.82, 2.24) is 8.75 Å². The minimum absolute atomic E-state index is 0.358. The van der Waals surface area contributed by atoms with Crippen LogP contribution in [0.2, 0.25) is 10.0 Å². The van der Waals surface area contributed by atoms with Gasteiger partial charge in [0.1, 0.15) is 16.0 Å². The first-order valence-corrected chi connectivity index (χ1v) is 7.73. The van der Waals surface area contributed by atoms with Gasteiger partial charge in [0.15, 0.2) is 0 Å². The predicted octanol–water partition coefficient (Wildman–Crippen LogP) is 4.38. The summed E-state index contributed by atoms with van der Waals surface area (Å²) in [7, 11) is 0. The number of fused-ring (bicyclic) bond motifs is 1. The van der Waals surface area contributed by atoms with Crippen LogP contribution in [-0.2, 0) is 0 Å². The lowest BCUT2D eigenvalue weighted by Crippen LogP contribution is -2.08. The molecule has 0 fully saturated rings. The van der Waals surface area contributed by atoms with E-state index < -0.39 is 0 Å². The van der Waals surface area contributed by atoms with E-state index in [9.17, 15) is 0 Å². The number of halogens is 2. The fourth-order valence-corrected chi connectivity index (χ4v) is 3.15. The van der Waals surface area contributed by atoms with Crippen LogP contribution in [0.25, 0.3) is 11.0 Å². The van der Waals surface area contributed by atoms with E-state index in [1.165, 1.54) is 0 Å². The second-order valence-corrected chi connectivity index (χ2v) is 6.03. The Morgan fingerprint density at radius 1 is 1.10 bits per heavy atom. The van der Waals surface area contributed by atoms with Crippen molar-refractivity contribution in [3.63, 3.8) is 0 Å². The second kappa shape index (κ2) is 5.73. The van der Waals surface area contributed by atoms with E-state index in [1.54, 1.807) is 6.07 Å². The minimum Gasteiger partial charge on any atom is -0.389 e. The van der Waals surface area contributed by atoms with Crippen molar-refractivity contribution in [3.8, 4) is 0 Å². The van der Waals surface area contributed by atoms with E-state index in [0.29, 0.717) is 31.8 Å². The SMILES string of the molecule is NC(=S)c1ccc(Nc2c(Cl)cc(Cl)c3nsnc23)cc1. The van der Waals surface area contributed by atoms with Crippen LogP contribution in [0.4, 0.5) is 11.4 Å². The van der Waals surface area contributed by atoms with Gasteiger partial charge in [-0.25, -0.2) is 0 Å². The number of anilines is 2. The largest absolute Gasteiger partial charge is 0.389 e. The van der Waals surface area contributed by atoms with Crippen LogP contribution in [0.1, 0.15) is 5.56 Å². The molecule has 3 rings (SSSR count). The summed E-state index contributed by atoms with van der Waals surface area (Å²) in [5, 5.41) is 4.19. The highest BCUT2D eigenvalue weighted by Crippen LogP contribution is 2.36. The van der Waals surface area contributed by atoms with Crippen molar-refractivity contribution in [2.24, 2.45) is 5.73 Å². The molecule has 0 aliphatic carbocycles. The molecule has 1 heterocycles. The Morgan fingerprint density at radius 2 is 1.76 bits per heavy atom. The number of rotatable bonds is 3. The van der Waals surface area contributed by atoms with Crippen molar-refractivity contribution < 1.29 is 0 Å². The maximum atomic E-state index is 6.25. The molecule has 0 aliphatic heterocycles. The van der Waals surface area contributed by atoms with Crippen LogP contribution in [0.15, 0.2) is 30.3 Å². The molecule has 4 nitrogen and oxygen atoms in total. The summed E-state index contributed by atoms with van der Waals surface area (Å²) in [6, 6.07) is 9.06. The quantitative estimate of drug-likeness (QED) is 0.683. The van der Waals surface area contributed by atoms with Gasteiger partial charge in [0, 0.05) is 11.3 Å². The zero-order valence-electron chi connectivity index (χ0n) is 10.4. The molecule has 0 atom stereocenters. The zero-order chi connectivity index (χ0) is 15.0. The Balaban J connectivity index is 2.01. The Morgan fingerprint density at radius 3 is 2.43 bits per heavy atom. The summed E-state index contributed by atoms with van der Waals surface area (Å²) < 4.78 is 8.41. The standard InChI is InChI=1S/C13H8Cl2N4S2/c14-8-5-9(15)11-12(19-21-18-11)10(8)17-7-3-1-6(2-4-7)13(16)20/h1-5,17H,(H2,16,20). The molecule has 0 saturated carbocycles. The van der Waals surface area contributed by atoms with Crippen molar-refractivity contribution in [1.29, 1.82) is 0 Å². The average molecular weight is 355 g/mol. The van der Waals surface area contributed by atoms with E-state index in [0.717, 1.165) is 23.0 Å². The molecule has 21 heavy (non-hydrogen) atoms. The highest BCUT2D eigenvalue weighted by atomic mass is 35.5. The third-order valence-electron chi connectivity index (χ3n) is 2.88. The van der Waals surface area contributed by atoms with Crippen molar-refractivity contribution in [3.05, 3.63) is 45.9 Å². The van der Waals surface area contributed by atoms with Gasteiger partial charge in [-0.2, -0.15) is 8.75 Å². The van der Waals surface area contributed by atoms with Gasteiger partial charge in [-0.1, -0.05) is 35.4 Å². The molecule has 3 N–H and O–H groups in total. The van der Waals surface area contributed by atoms with E-state index in [2.05, 4.69) is 14.1 Å². The van der Waals surface area contributed by atoms with Crippen LogP contribution in [0.5, 0.6) is 0 Å². The first-order valence-electron chi connectivity index (χ1n) is 5.83. The summed E-state index contributed by atoms with van der Waals surface area (Å²) in [6.07, 6.45) is 0. The molecular weight excluding hydrogens is 347 g/mol. The lowest BCUT2D eigenvalue weighted by atomic mass is 10.2. The molecule has 0 amide bonds. The van der Waals surface area contributed by atoms with Crippen LogP contribution < -0.4 is 11.1 Å². The second-order valence-electron chi connectivity index (χ2n) is 4.24. The van der Waals surface area contributed by atoms with Gasteiger partial charge in [-0.15, -0.1) is 0 Å². The molecule has 2 aromatic carbocycles. The molecule has 1 aromatic heterocycles. The van der Waals surface area contributed by atoms with Gasteiger partial charge in [0.05, 0.1) is 27.5 Å². The van der Waals surface area contributed by atoms with Gasteiger partial charge in [-0.3, -0.25) is 0 Å². The molecular formula is C13H8Cl2N4S2. The number of nitrogens with one attached hydrogen (secondary N) is 1. The number of nitrogens with two attached hydrogens (primary N) is 1. The van der Waals surface area contributed by atoms with Crippen molar-refractivity contribution in [2.75, 3.05) is 5.32 Å². The molecule has 0 spiro atoms.